The summed E-state index contributed by atoms with van der Waals surface area (Å²) in [6, 6.07) is 0.594. The molecule has 2 fully saturated rings. The van der Waals surface area contributed by atoms with Crippen LogP contribution in [0, 0.1) is 5.92 Å². The molecule has 3 atom stereocenters. The molecule has 1 aliphatic heterocycles. The number of nitrogens with zero attached hydrogens (tertiary/aromatic N) is 1. The zero-order chi connectivity index (χ0) is 11.5. The fourth-order valence-electron chi connectivity index (χ4n) is 3.47. The lowest BCUT2D eigenvalue weighted by molar-refractivity contribution is -0.0855. The van der Waals surface area contributed by atoms with E-state index in [9.17, 15) is 0 Å². The van der Waals surface area contributed by atoms with Crippen LogP contribution < -0.4 is 5.73 Å². The Morgan fingerprint density at radius 1 is 1.19 bits per heavy atom. The van der Waals surface area contributed by atoms with E-state index in [2.05, 4.69) is 18.7 Å². The van der Waals surface area contributed by atoms with E-state index in [1.807, 2.05) is 0 Å². The monoisotopic (exact) mass is 226 g/mol. The molecule has 1 heterocycles. The second kappa shape index (κ2) is 5.48. The van der Waals surface area contributed by atoms with Crippen LogP contribution in [0.25, 0.3) is 0 Å². The van der Waals surface area contributed by atoms with E-state index < -0.39 is 0 Å². The largest absolute Gasteiger partial charge is 0.373 e. The molecule has 1 saturated carbocycles. The third kappa shape index (κ3) is 2.76. The minimum Gasteiger partial charge on any atom is -0.373 e. The average Bonchev–Trinajstić information content (AvgIpc) is 2.70. The lowest BCUT2D eigenvalue weighted by Gasteiger charge is -2.42. The summed E-state index contributed by atoms with van der Waals surface area (Å²) in [5.74, 6) is 0.836. The van der Waals surface area contributed by atoms with Crippen LogP contribution in [-0.2, 0) is 4.74 Å². The third-order valence-electron chi connectivity index (χ3n) is 4.10. The summed E-state index contributed by atoms with van der Waals surface area (Å²) in [6.07, 6.45) is 6.27. The van der Waals surface area contributed by atoms with Crippen LogP contribution in [-0.4, -0.2) is 42.8 Å². The molecule has 2 N–H and O–H groups in total. The van der Waals surface area contributed by atoms with Gasteiger partial charge in [0, 0.05) is 25.7 Å². The summed E-state index contributed by atoms with van der Waals surface area (Å²) < 4.78 is 5.79. The van der Waals surface area contributed by atoms with E-state index in [0.717, 1.165) is 25.6 Å². The molecule has 1 aliphatic carbocycles. The van der Waals surface area contributed by atoms with Crippen molar-refractivity contribution in [2.45, 2.75) is 57.8 Å². The molecule has 0 aromatic heterocycles. The Bertz CT molecular complexity index is 206. The Labute approximate surface area is 99.3 Å². The molecule has 0 bridgehead atoms. The van der Waals surface area contributed by atoms with Crippen molar-refractivity contribution in [2.75, 3.05) is 19.6 Å². The molecule has 2 aliphatic rings. The molecule has 3 nitrogen and oxygen atoms in total. The Kier molecular flexibility index (Phi) is 4.22. The lowest BCUT2D eigenvalue weighted by atomic mass is 9.95. The van der Waals surface area contributed by atoms with E-state index in [-0.39, 0.29) is 0 Å². The van der Waals surface area contributed by atoms with Crippen LogP contribution in [0.3, 0.4) is 0 Å². The number of rotatable bonds is 3. The first kappa shape index (κ1) is 12.3. The summed E-state index contributed by atoms with van der Waals surface area (Å²) in [4.78, 5) is 2.58. The predicted octanol–water partition coefficient (Wildman–Crippen LogP) is 1.61. The zero-order valence-corrected chi connectivity index (χ0v) is 10.7. The van der Waals surface area contributed by atoms with Gasteiger partial charge in [-0.05, 0) is 32.6 Å². The van der Waals surface area contributed by atoms with Crippen molar-refractivity contribution in [3.63, 3.8) is 0 Å². The molecular formula is C13H26N2O. The van der Waals surface area contributed by atoms with Gasteiger partial charge in [0.1, 0.15) is 0 Å². The summed E-state index contributed by atoms with van der Waals surface area (Å²) in [7, 11) is 0. The van der Waals surface area contributed by atoms with Gasteiger partial charge in [0.15, 0.2) is 0 Å². The van der Waals surface area contributed by atoms with Crippen molar-refractivity contribution in [3.8, 4) is 0 Å². The van der Waals surface area contributed by atoms with Gasteiger partial charge in [-0.2, -0.15) is 0 Å². The van der Waals surface area contributed by atoms with E-state index in [1.165, 1.54) is 25.7 Å². The first-order valence-electron chi connectivity index (χ1n) is 6.80. The van der Waals surface area contributed by atoms with Gasteiger partial charge in [0.25, 0.3) is 0 Å². The summed E-state index contributed by atoms with van der Waals surface area (Å²) >= 11 is 0. The van der Waals surface area contributed by atoms with Crippen molar-refractivity contribution >= 4 is 0 Å². The maximum Gasteiger partial charge on any atom is 0.0678 e. The van der Waals surface area contributed by atoms with Gasteiger partial charge in [-0.1, -0.05) is 12.8 Å². The highest BCUT2D eigenvalue weighted by Gasteiger charge is 2.33. The van der Waals surface area contributed by atoms with E-state index >= 15 is 0 Å². The fraction of sp³-hybridized carbons (Fsp3) is 1.00. The minimum absolute atomic E-state index is 0.360. The van der Waals surface area contributed by atoms with E-state index in [0.29, 0.717) is 18.2 Å². The standard InChI is InChI=1S/C13H26N2O/c1-10-8-15(9-11(2)16-10)13(7-14)12-5-3-4-6-12/h10-13H,3-9,14H2,1-2H3. The van der Waals surface area contributed by atoms with Crippen LogP contribution in [0.15, 0.2) is 0 Å². The van der Waals surface area contributed by atoms with E-state index in [4.69, 9.17) is 10.5 Å². The first-order valence-corrected chi connectivity index (χ1v) is 6.80. The summed E-state index contributed by atoms with van der Waals surface area (Å²) in [6.45, 7) is 7.27. The number of hydrogen-bond acceptors (Lipinski definition) is 3. The molecule has 0 aromatic carbocycles. The molecule has 94 valence electrons. The Morgan fingerprint density at radius 2 is 1.75 bits per heavy atom. The highest BCUT2D eigenvalue weighted by molar-refractivity contribution is 4.87. The second-order valence-corrected chi connectivity index (χ2v) is 5.56. The summed E-state index contributed by atoms with van der Waals surface area (Å²) in [5, 5.41) is 0. The van der Waals surface area contributed by atoms with Gasteiger partial charge in [-0.3, -0.25) is 4.90 Å². The SMILES string of the molecule is CC1CN(C(CN)C2CCCC2)CC(C)O1. The van der Waals surface area contributed by atoms with Crippen molar-refractivity contribution in [1.82, 2.24) is 4.90 Å². The van der Waals surface area contributed by atoms with Crippen LogP contribution in [0.5, 0.6) is 0 Å². The van der Waals surface area contributed by atoms with E-state index in [1.54, 1.807) is 0 Å². The molecule has 0 spiro atoms. The molecular weight excluding hydrogens is 200 g/mol. The molecule has 3 heteroatoms. The van der Waals surface area contributed by atoms with Crippen LogP contribution >= 0.6 is 0 Å². The minimum atomic E-state index is 0.360. The van der Waals surface area contributed by atoms with Crippen molar-refractivity contribution in [2.24, 2.45) is 11.7 Å². The molecule has 0 radical (unpaired) electrons. The Hall–Kier alpha value is -0.120. The van der Waals surface area contributed by atoms with Crippen molar-refractivity contribution in [3.05, 3.63) is 0 Å². The summed E-state index contributed by atoms with van der Waals surface area (Å²) in [5.41, 5.74) is 5.99. The van der Waals surface area contributed by atoms with Crippen LogP contribution in [0.4, 0.5) is 0 Å². The van der Waals surface area contributed by atoms with Crippen molar-refractivity contribution in [1.29, 1.82) is 0 Å². The Morgan fingerprint density at radius 3 is 2.25 bits per heavy atom. The quantitative estimate of drug-likeness (QED) is 0.794. The predicted molar refractivity (Wildman–Crippen MR) is 66.4 cm³/mol. The molecule has 16 heavy (non-hydrogen) atoms. The third-order valence-corrected chi connectivity index (χ3v) is 4.10. The van der Waals surface area contributed by atoms with Gasteiger partial charge in [-0.25, -0.2) is 0 Å². The molecule has 0 aromatic rings. The second-order valence-electron chi connectivity index (χ2n) is 5.56. The zero-order valence-electron chi connectivity index (χ0n) is 10.7. The Balaban J connectivity index is 1.96. The number of hydrogen-bond donors (Lipinski definition) is 1. The maximum atomic E-state index is 5.99. The molecule has 2 rings (SSSR count). The molecule has 0 amide bonds. The maximum absolute atomic E-state index is 5.99. The van der Waals surface area contributed by atoms with Crippen LogP contribution in [0.1, 0.15) is 39.5 Å². The topological polar surface area (TPSA) is 38.5 Å². The molecule has 1 saturated heterocycles. The van der Waals surface area contributed by atoms with Gasteiger partial charge in [-0.15, -0.1) is 0 Å². The van der Waals surface area contributed by atoms with Gasteiger partial charge in [0.05, 0.1) is 12.2 Å². The highest BCUT2D eigenvalue weighted by Crippen LogP contribution is 2.31. The number of ether oxygens (including phenoxy) is 1. The van der Waals surface area contributed by atoms with Gasteiger partial charge < -0.3 is 10.5 Å². The van der Waals surface area contributed by atoms with Gasteiger partial charge >= 0.3 is 0 Å². The highest BCUT2D eigenvalue weighted by atomic mass is 16.5. The average molecular weight is 226 g/mol. The smallest absolute Gasteiger partial charge is 0.0678 e. The fourth-order valence-corrected chi connectivity index (χ4v) is 3.47. The lowest BCUT2D eigenvalue weighted by Crippen LogP contribution is -2.54. The number of morpholine rings is 1. The first-order chi connectivity index (χ1) is 7.70. The molecule has 3 unspecified atom stereocenters. The van der Waals surface area contributed by atoms with Crippen molar-refractivity contribution < 1.29 is 4.74 Å². The van der Waals surface area contributed by atoms with Gasteiger partial charge in [0.2, 0.25) is 0 Å². The number of nitrogens with two attached hydrogens (primary N) is 1. The normalized spacial score (nSPS) is 35.4. The van der Waals surface area contributed by atoms with Crippen LogP contribution in [0.2, 0.25) is 0 Å².